The largest absolute Gasteiger partial charge is 0.450 e. The van der Waals surface area contributed by atoms with Crippen LogP contribution >= 0.6 is 23.5 Å². The number of para-hydroxylation sites is 2. The zero-order valence-corrected chi connectivity index (χ0v) is 18.0. The topological polar surface area (TPSA) is 99.5 Å². The summed E-state index contributed by atoms with van der Waals surface area (Å²) in [5.41, 5.74) is 1.81. The van der Waals surface area contributed by atoms with Gasteiger partial charge >= 0.3 is 0 Å². The maximum Gasteiger partial charge on any atom is 0.294 e. The molecule has 3 aromatic rings. The molecule has 2 aliphatic heterocycles. The third-order valence-electron chi connectivity index (χ3n) is 5.07. The van der Waals surface area contributed by atoms with Crippen molar-refractivity contribution in [2.75, 3.05) is 19.6 Å². The molecule has 0 spiro atoms. The third-order valence-corrected chi connectivity index (χ3v) is 6.78. The van der Waals surface area contributed by atoms with Gasteiger partial charge in [-0.3, -0.25) is 19.3 Å². The number of carbonyl (C=O) groups excluding carboxylic acids is 3. The van der Waals surface area contributed by atoms with Crippen molar-refractivity contribution in [3.05, 3.63) is 47.1 Å². The first-order valence-electron chi connectivity index (χ1n) is 9.82. The Morgan fingerprint density at radius 3 is 2.81 bits per heavy atom. The Morgan fingerprint density at radius 1 is 1.19 bits per heavy atom. The summed E-state index contributed by atoms with van der Waals surface area (Å²) in [6, 6.07) is 11.2. The van der Waals surface area contributed by atoms with Crippen molar-refractivity contribution in [1.29, 1.82) is 0 Å². The Kier molecular flexibility index (Phi) is 5.33. The van der Waals surface area contributed by atoms with Gasteiger partial charge in [0, 0.05) is 19.2 Å². The summed E-state index contributed by atoms with van der Waals surface area (Å²) in [6.07, 6.45) is 3.45. The SMILES string of the molecule is O=C(CN1C(=O)S/C(=C\c2ccc(Sc3nc4ccccc4[nH]3)o2)C1=O)N1CCCC1. The van der Waals surface area contributed by atoms with Gasteiger partial charge in [-0.1, -0.05) is 12.1 Å². The maximum atomic E-state index is 12.7. The number of H-pyrrole nitrogens is 1. The monoisotopic (exact) mass is 454 g/mol. The number of furan rings is 1. The standard InChI is InChI=1S/C21H18N4O4S2/c26-17(24-9-3-4-10-24)12-25-19(27)16(30-21(25)28)11-13-7-8-18(29-13)31-20-22-14-5-1-2-6-15(14)23-20/h1-2,5-8,11H,3-4,9-10,12H2,(H,22,23)/b16-11-. The maximum absolute atomic E-state index is 12.7. The average Bonchev–Trinajstić information content (AvgIpc) is 3.54. The highest BCUT2D eigenvalue weighted by atomic mass is 32.2. The molecule has 0 aliphatic carbocycles. The highest BCUT2D eigenvalue weighted by molar-refractivity contribution is 8.18. The molecule has 2 fully saturated rings. The van der Waals surface area contributed by atoms with Crippen LogP contribution in [0.15, 0.2) is 56.0 Å². The molecule has 2 saturated heterocycles. The van der Waals surface area contributed by atoms with E-state index < -0.39 is 11.1 Å². The molecule has 0 unspecified atom stereocenters. The van der Waals surface area contributed by atoms with Crippen LogP contribution in [-0.2, 0) is 9.59 Å². The summed E-state index contributed by atoms with van der Waals surface area (Å²) in [7, 11) is 0. The number of nitrogens with one attached hydrogen (secondary N) is 1. The predicted molar refractivity (Wildman–Crippen MR) is 117 cm³/mol. The zero-order chi connectivity index (χ0) is 21.4. The van der Waals surface area contributed by atoms with E-state index in [0.29, 0.717) is 29.1 Å². The van der Waals surface area contributed by atoms with Crippen LogP contribution in [0.2, 0.25) is 0 Å². The quantitative estimate of drug-likeness (QED) is 0.583. The number of aromatic nitrogens is 2. The summed E-state index contributed by atoms with van der Waals surface area (Å²) >= 11 is 2.15. The predicted octanol–water partition coefficient (Wildman–Crippen LogP) is 3.97. The molecule has 5 rings (SSSR count). The van der Waals surface area contributed by atoms with Gasteiger partial charge in [0.2, 0.25) is 5.91 Å². The molecular formula is C21H18N4O4S2. The number of benzene rings is 1. The molecule has 3 amide bonds. The number of likely N-dealkylation sites (tertiary alicyclic amines) is 1. The first-order valence-corrected chi connectivity index (χ1v) is 11.5. The molecule has 4 heterocycles. The number of imidazole rings is 1. The summed E-state index contributed by atoms with van der Waals surface area (Å²) in [5.74, 6) is -0.205. The molecule has 0 radical (unpaired) electrons. The lowest BCUT2D eigenvalue weighted by atomic mass is 10.3. The lowest BCUT2D eigenvalue weighted by molar-refractivity contribution is -0.135. The van der Waals surface area contributed by atoms with Crippen molar-refractivity contribution in [2.45, 2.75) is 23.1 Å². The van der Waals surface area contributed by atoms with Crippen LogP contribution in [0.4, 0.5) is 4.79 Å². The van der Waals surface area contributed by atoms with Crippen molar-refractivity contribution < 1.29 is 18.8 Å². The number of fused-ring (bicyclic) bond motifs is 1. The van der Waals surface area contributed by atoms with E-state index in [1.54, 1.807) is 17.0 Å². The van der Waals surface area contributed by atoms with Crippen LogP contribution in [0, 0.1) is 0 Å². The van der Waals surface area contributed by atoms with Gasteiger partial charge in [0.1, 0.15) is 12.3 Å². The van der Waals surface area contributed by atoms with Gasteiger partial charge in [-0.25, -0.2) is 4.98 Å². The Labute approximate surface area is 186 Å². The summed E-state index contributed by atoms with van der Waals surface area (Å²) in [4.78, 5) is 47.9. The molecule has 158 valence electrons. The van der Waals surface area contributed by atoms with Crippen LogP contribution < -0.4 is 0 Å². The first-order chi connectivity index (χ1) is 15.1. The molecule has 0 atom stereocenters. The number of hydrogen-bond acceptors (Lipinski definition) is 7. The fourth-order valence-electron chi connectivity index (χ4n) is 3.51. The lowest BCUT2D eigenvalue weighted by Crippen LogP contribution is -2.40. The van der Waals surface area contributed by atoms with Gasteiger partial charge in [-0.05, 0) is 60.6 Å². The Hall–Kier alpha value is -2.98. The average molecular weight is 455 g/mol. The molecule has 0 bridgehead atoms. The second-order valence-corrected chi connectivity index (χ2v) is 9.16. The number of nitrogens with zero attached hydrogens (tertiary/aromatic N) is 3. The molecule has 2 aromatic heterocycles. The summed E-state index contributed by atoms with van der Waals surface area (Å²) < 4.78 is 5.78. The highest BCUT2D eigenvalue weighted by Crippen LogP contribution is 2.34. The first kappa shape index (κ1) is 20.0. The second-order valence-electron chi connectivity index (χ2n) is 7.17. The van der Waals surface area contributed by atoms with Gasteiger partial charge in [0.25, 0.3) is 11.1 Å². The van der Waals surface area contributed by atoms with Crippen LogP contribution in [0.3, 0.4) is 0 Å². The number of carbonyl (C=O) groups is 3. The molecular weight excluding hydrogens is 436 g/mol. The van der Waals surface area contributed by atoms with Gasteiger partial charge in [-0.15, -0.1) is 0 Å². The fourth-order valence-corrected chi connectivity index (χ4v) is 5.09. The number of thioether (sulfide) groups is 1. The Balaban J connectivity index is 1.27. The van der Waals surface area contributed by atoms with Crippen LogP contribution in [0.1, 0.15) is 18.6 Å². The van der Waals surface area contributed by atoms with Crippen molar-refractivity contribution in [1.82, 2.24) is 19.8 Å². The number of amides is 3. The zero-order valence-electron chi connectivity index (χ0n) is 16.4. The van der Waals surface area contributed by atoms with E-state index in [9.17, 15) is 14.4 Å². The van der Waals surface area contributed by atoms with Gasteiger partial charge < -0.3 is 14.3 Å². The summed E-state index contributed by atoms with van der Waals surface area (Å²) in [5, 5.41) is 0.865. The van der Waals surface area contributed by atoms with E-state index in [0.717, 1.165) is 40.5 Å². The van der Waals surface area contributed by atoms with Gasteiger partial charge in [-0.2, -0.15) is 0 Å². The molecule has 2 aliphatic rings. The highest BCUT2D eigenvalue weighted by Gasteiger charge is 2.37. The summed E-state index contributed by atoms with van der Waals surface area (Å²) in [6.45, 7) is 1.15. The van der Waals surface area contributed by atoms with Crippen LogP contribution in [0.5, 0.6) is 0 Å². The van der Waals surface area contributed by atoms with E-state index in [1.807, 2.05) is 24.3 Å². The van der Waals surface area contributed by atoms with E-state index in [-0.39, 0.29) is 17.4 Å². The Morgan fingerprint density at radius 2 is 2.00 bits per heavy atom. The van der Waals surface area contributed by atoms with Crippen molar-refractivity contribution in [3.8, 4) is 0 Å². The van der Waals surface area contributed by atoms with Gasteiger partial charge in [0.15, 0.2) is 10.2 Å². The molecule has 1 N–H and O–H groups in total. The number of hydrogen-bond donors (Lipinski definition) is 1. The number of aromatic amines is 1. The second kappa shape index (κ2) is 8.27. The van der Waals surface area contributed by atoms with Crippen LogP contribution in [0.25, 0.3) is 17.1 Å². The normalized spacial score (nSPS) is 18.1. The van der Waals surface area contributed by atoms with Crippen molar-refractivity contribution in [3.63, 3.8) is 0 Å². The minimum absolute atomic E-state index is 0.191. The van der Waals surface area contributed by atoms with E-state index in [2.05, 4.69) is 9.97 Å². The van der Waals surface area contributed by atoms with Gasteiger partial charge in [0.05, 0.1) is 15.9 Å². The smallest absolute Gasteiger partial charge is 0.294 e. The number of imide groups is 1. The molecule has 0 saturated carbocycles. The van der Waals surface area contributed by atoms with E-state index in [1.165, 1.54) is 17.8 Å². The minimum atomic E-state index is -0.467. The van der Waals surface area contributed by atoms with E-state index in [4.69, 9.17) is 4.42 Å². The molecule has 8 nitrogen and oxygen atoms in total. The molecule has 31 heavy (non-hydrogen) atoms. The van der Waals surface area contributed by atoms with Crippen molar-refractivity contribution in [2.24, 2.45) is 0 Å². The van der Waals surface area contributed by atoms with Crippen molar-refractivity contribution >= 4 is 57.7 Å². The lowest BCUT2D eigenvalue weighted by Gasteiger charge is -2.18. The minimum Gasteiger partial charge on any atom is -0.450 e. The van der Waals surface area contributed by atoms with Crippen LogP contribution in [-0.4, -0.2) is 56.5 Å². The third kappa shape index (κ3) is 4.13. The number of rotatable bonds is 5. The molecule has 10 heteroatoms. The Bertz CT molecular complexity index is 1180. The molecule has 1 aromatic carbocycles. The fraction of sp³-hybridized carbons (Fsp3) is 0.238. The van der Waals surface area contributed by atoms with E-state index >= 15 is 0 Å².